The minimum Gasteiger partial charge on any atom is -0.512 e. The zero-order valence-corrected chi connectivity index (χ0v) is 39.6. The number of aliphatic hydroxyl groups is 1. The summed E-state index contributed by atoms with van der Waals surface area (Å²) >= 11 is 1.86. The number of aliphatic hydroxyl groups excluding tert-OH is 1. The number of allylic oxidation sites excluding steroid dienone is 2. The summed E-state index contributed by atoms with van der Waals surface area (Å²) in [5, 5.41) is 15.5. The smallest absolute Gasteiger partial charge is 0.162 e. The number of carbonyl (C=O) groups excluding carboxylic acids is 1. The van der Waals surface area contributed by atoms with Crippen LogP contribution in [-0.4, -0.2) is 23.9 Å². The second kappa shape index (κ2) is 18.4. The van der Waals surface area contributed by atoms with Crippen LogP contribution in [0.2, 0.25) is 19.6 Å². The van der Waals surface area contributed by atoms with Crippen molar-refractivity contribution in [3.05, 3.63) is 95.9 Å². The first kappa shape index (κ1) is 45.5. The van der Waals surface area contributed by atoms with Gasteiger partial charge in [0.15, 0.2) is 5.78 Å². The molecule has 0 aliphatic heterocycles. The third kappa shape index (κ3) is 10.5. The van der Waals surface area contributed by atoms with Crippen LogP contribution in [0.15, 0.2) is 78.7 Å². The second-order valence-electron chi connectivity index (χ2n) is 18.3. The predicted molar refractivity (Wildman–Crippen MR) is 235 cm³/mol. The summed E-state index contributed by atoms with van der Waals surface area (Å²) in [4.78, 5) is 18.6. The molecular weight excluding hydrogens is 875 g/mol. The molecule has 0 atom stereocenters. The molecule has 0 fully saturated rings. The fraction of sp³-hybridized carbons (Fsp3) is 0.458. The van der Waals surface area contributed by atoms with Gasteiger partial charge in [-0.05, 0) is 58.6 Å². The molecule has 3 aromatic carbocycles. The fourth-order valence-corrected chi connectivity index (χ4v) is 10.4. The average molecular weight is 939 g/mol. The van der Waals surface area contributed by atoms with Crippen molar-refractivity contribution >= 4 is 51.2 Å². The summed E-state index contributed by atoms with van der Waals surface area (Å²) < 4.78 is 1.25. The molecule has 0 saturated carbocycles. The SMILES string of the molecule is CC(C)C(C(=O)/C=C(\O)C(C(C)C)C(C)C)C(C)C.Cc1c(-c2ccc([Si](C)(C)C)cc2)sc2c(-c3[c-]c4ccccc4c(C(C)(C)C)c3)nccc12.[Ir]. The van der Waals surface area contributed by atoms with E-state index in [1.54, 1.807) is 0 Å². The number of carbonyl (C=O) groups is 1. The van der Waals surface area contributed by atoms with Crippen LogP contribution < -0.4 is 5.19 Å². The Balaban J connectivity index is 0.000000338. The van der Waals surface area contributed by atoms with Crippen molar-refractivity contribution in [2.75, 3.05) is 0 Å². The van der Waals surface area contributed by atoms with Crippen molar-refractivity contribution in [3.8, 4) is 21.7 Å². The molecule has 0 amide bonds. The summed E-state index contributed by atoms with van der Waals surface area (Å²) in [6.45, 7) is 32.9. The number of hydrogen-bond donors (Lipinski definition) is 1. The Morgan fingerprint density at radius 3 is 1.89 bits per heavy atom. The molecule has 6 heteroatoms. The molecule has 0 saturated heterocycles. The van der Waals surface area contributed by atoms with Crippen LogP contribution in [0.5, 0.6) is 0 Å². The number of aryl methyl sites for hydroxylation is 1. The number of aromatic nitrogens is 1. The van der Waals surface area contributed by atoms with Gasteiger partial charge in [-0.25, -0.2) is 0 Å². The van der Waals surface area contributed by atoms with Gasteiger partial charge < -0.3 is 5.11 Å². The molecular formula is C48H64IrNO2SSi-. The molecule has 1 N–H and O–H groups in total. The zero-order valence-electron chi connectivity index (χ0n) is 35.4. The van der Waals surface area contributed by atoms with Gasteiger partial charge in [-0.2, -0.15) is 0 Å². The van der Waals surface area contributed by atoms with Crippen LogP contribution in [0.25, 0.3) is 42.6 Å². The van der Waals surface area contributed by atoms with Crippen molar-refractivity contribution in [1.82, 2.24) is 4.98 Å². The van der Waals surface area contributed by atoms with Gasteiger partial charge in [0, 0.05) is 59.5 Å². The van der Waals surface area contributed by atoms with Crippen LogP contribution in [0, 0.1) is 48.5 Å². The molecule has 0 aliphatic rings. The molecule has 0 unspecified atom stereocenters. The van der Waals surface area contributed by atoms with Crippen molar-refractivity contribution in [2.24, 2.45) is 35.5 Å². The molecule has 0 aliphatic carbocycles. The van der Waals surface area contributed by atoms with Crippen LogP contribution in [0.1, 0.15) is 87.3 Å². The molecule has 293 valence electrons. The van der Waals surface area contributed by atoms with Gasteiger partial charge in [-0.15, -0.1) is 40.5 Å². The summed E-state index contributed by atoms with van der Waals surface area (Å²) in [5.41, 5.74) is 6.12. The van der Waals surface area contributed by atoms with Gasteiger partial charge in [0.2, 0.25) is 0 Å². The van der Waals surface area contributed by atoms with E-state index in [0.717, 1.165) is 16.6 Å². The normalized spacial score (nSPS) is 12.7. The Hall–Kier alpha value is -2.89. The molecule has 5 aromatic rings. The zero-order chi connectivity index (χ0) is 39.6. The molecule has 2 heterocycles. The van der Waals surface area contributed by atoms with Gasteiger partial charge in [0.05, 0.1) is 13.8 Å². The Kier molecular flexibility index (Phi) is 15.5. The van der Waals surface area contributed by atoms with E-state index in [-0.39, 0.29) is 48.9 Å². The quantitative estimate of drug-likeness (QED) is 0.0657. The van der Waals surface area contributed by atoms with Crippen LogP contribution in [0.4, 0.5) is 0 Å². The Morgan fingerprint density at radius 2 is 1.37 bits per heavy atom. The average Bonchev–Trinajstić information content (AvgIpc) is 3.39. The summed E-state index contributed by atoms with van der Waals surface area (Å²) in [6, 6.07) is 26.0. The first-order chi connectivity index (χ1) is 24.6. The third-order valence-electron chi connectivity index (χ3n) is 10.5. The molecule has 2 aromatic heterocycles. The second-order valence-corrected chi connectivity index (χ2v) is 24.4. The molecule has 0 bridgehead atoms. The van der Waals surface area contributed by atoms with E-state index in [1.807, 2.05) is 17.5 Å². The Labute approximate surface area is 345 Å². The standard InChI is InChI=1S/C31H32NSSi.C17H32O2.Ir/c1-20-25-16-17-32-28(23-18-22-10-8-9-11-26(22)27(19-23)31(2,3)4)30(25)33-29(20)21-12-14-24(15-13-21)34(5,6)7;1-10(2)16(11(3)4)14(18)9-15(19)17(12(5)6)13(7)8;/h8-17,19H,1-7H3;9-13,16-18H,1-8H3;/q-1;;/b;14-9-;. The van der Waals surface area contributed by atoms with E-state index < -0.39 is 8.07 Å². The third-order valence-corrected chi connectivity index (χ3v) is 14.0. The van der Waals surface area contributed by atoms with Crippen LogP contribution in [-0.2, 0) is 30.3 Å². The van der Waals surface area contributed by atoms with Crippen LogP contribution >= 0.6 is 11.3 Å². The van der Waals surface area contributed by atoms with Crippen molar-refractivity contribution in [1.29, 1.82) is 0 Å². The Bertz CT molecular complexity index is 2040. The first-order valence-corrected chi connectivity index (χ1v) is 23.8. The first-order valence-electron chi connectivity index (χ1n) is 19.5. The largest absolute Gasteiger partial charge is 0.512 e. The van der Waals surface area contributed by atoms with Gasteiger partial charge in [-0.3, -0.25) is 9.78 Å². The number of ketones is 1. The number of hydrogen-bond acceptors (Lipinski definition) is 4. The maximum atomic E-state index is 12.3. The molecule has 5 rings (SSSR count). The maximum Gasteiger partial charge on any atom is 0.162 e. The van der Waals surface area contributed by atoms with E-state index in [9.17, 15) is 9.90 Å². The number of nitrogens with zero attached hydrogens (tertiary/aromatic N) is 1. The molecule has 54 heavy (non-hydrogen) atoms. The van der Waals surface area contributed by atoms with Crippen LogP contribution in [0.3, 0.4) is 0 Å². The number of thiophene rings is 1. The minimum absolute atomic E-state index is 0. The fourth-order valence-electron chi connectivity index (χ4n) is 7.93. The molecule has 1 radical (unpaired) electrons. The number of rotatable bonds is 10. The number of fused-ring (bicyclic) bond motifs is 2. The van der Waals surface area contributed by atoms with Gasteiger partial charge in [-0.1, -0.05) is 154 Å². The molecule has 0 spiro atoms. The van der Waals surface area contributed by atoms with E-state index in [2.05, 4.69) is 169 Å². The maximum absolute atomic E-state index is 12.3. The van der Waals surface area contributed by atoms with Gasteiger partial charge in [0.1, 0.15) is 0 Å². The summed E-state index contributed by atoms with van der Waals surface area (Å²) in [7, 11) is -1.31. The molecule has 3 nitrogen and oxygen atoms in total. The Morgan fingerprint density at radius 1 is 0.815 bits per heavy atom. The van der Waals surface area contributed by atoms with Crippen molar-refractivity contribution in [2.45, 2.75) is 108 Å². The summed E-state index contributed by atoms with van der Waals surface area (Å²) in [6.07, 6.45) is 3.44. The van der Waals surface area contributed by atoms with E-state index in [4.69, 9.17) is 4.98 Å². The van der Waals surface area contributed by atoms with E-state index in [1.165, 1.54) is 48.3 Å². The van der Waals surface area contributed by atoms with Crippen molar-refractivity contribution in [3.63, 3.8) is 0 Å². The summed E-state index contributed by atoms with van der Waals surface area (Å²) in [5.74, 6) is 1.63. The monoisotopic (exact) mass is 939 g/mol. The number of pyridine rings is 1. The minimum atomic E-state index is -1.31. The number of benzene rings is 3. The van der Waals surface area contributed by atoms with Gasteiger partial charge in [0.25, 0.3) is 0 Å². The van der Waals surface area contributed by atoms with E-state index >= 15 is 0 Å². The topological polar surface area (TPSA) is 50.2 Å². The van der Waals surface area contributed by atoms with Gasteiger partial charge >= 0.3 is 0 Å². The van der Waals surface area contributed by atoms with Crippen molar-refractivity contribution < 1.29 is 30.0 Å². The van der Waals surface area contributed by atoms with E-state index in [0.29, 0.717) is 23.7 Å². The predicted octanol–water partition coefficient (Wildman–Crippen LogP) is 13.6.